The normalized spacial score (nSPS) is 20.5. The second kappa shape index (κ2) is 9.26. The number of amides is 1. The molecule has 0 saturated heterocycles. The maximum atomic E-state index is 12.7. The molecule has 2 fully saturated rings. The summed E-state index contributed by atoms with van der Waals surface area (Å²) in [6.45, 7) is 0. The third-order valence-electron chi connectivity index (χ3n) is 6.07. The summed E-state index contributed by atoms with van der Waals surface area (Å²) in [6.07, 6.45) is 15.4. The van der Waals surface area contributed by atoms with E-state index in [9.17, 15) is 4.79 Å². The Morgan fingerprint density at radius 1 is 0.880 bits per heavy atom. The zero-order chi connectivity index (χ0) is 17.5. The Hall–Kier alpha value is -1.51. The third-order valence-corrected chi connectivity index (χ3v) is 6.07. The Morgan fingerprint density at radius 2 is 1.48 bits per heavy atom. The number of anilines is 1. The van der Waals surface area contributed by atoms with Gasteiger partial charge in [-0.05, 0) is 49.3 Å². The van der Waals surface area contributed by atoms with Gasteiger partial charge in [-0.3, -0.25) is 4.79 Å². The van der Waals surface area contributed by atoms with Gasteiger partial charge in [0.2, 0.25) is 0 Å². The van der Waals surface area contributed by atoms with Crippen LogP contribution in [0.1, 0.15) is 98.9 Å². The van der Waals surface area contributed by atoms with Gasteiger partial charge in [0, 0.05) is 18.8 Å². The second-order valence-electron chi connectivity index (χ2n) is 7.91. The summed E-state index contributed by atoms with van der Waals surface area (Å²) >= 11 is 0. The van der Waals surface area contributed by atoms with Crippen molar-refractivity contribution in [1.82, 2.24) is 5.32 Å². The minimum Gasteiger partial charge on any atom is -0.387 e. The van der Waals surface area contributed by atoms with Crippen LogP contribution in [-0.2, 0) is 0 Å². The van der Waals surface area contributed by atoms with Gasteiger partial charge in [0.25, 0.3) is 5.91 Å². The first-order valence-electron chi connectivity index (χ1n) is 10.4. The fraction of sp³-hybridized carbons (Fsp3) is 0.682. The van der Waals surface area contributed by atoms with Crippen LogP contribution < -0.4 is 10.6 Å². The van der Waals surface area contributed by atoms with E-state index in [-0.39, 0.29) is 5.91 Å². The van der Waals surface area contributed by atoms with Crippen LogP contribution >= 0.6 is 0 Å². The Morgan fingerprint density at radius 3 is 2.16 bits per heavy atom. The first kappa shape index (κ1) is 18.3. The number of carbonyl (C=O) groups is 1. The summed E-state index contributed by atoms with van der Waals surface area (Å²) in [7, 11) is 1.93. The summed E-state index contributed by atoms with van der Waals surface area (Å²) in [4.78, 5) is 12.7. The molecule has 0 spiro atoms. The van der Waals surface area contributed by atoms with Crippen LogP contribution in [0.3, 0.4) is 0 Å². The number of hydrogen-bond donors (Lipinski definition) is 2. The van der Waals surface area contributed by atoms with Gasteiger partial charge in [-0.2, -0.15) is 0 Å². The zero-order valence-corrected chi connectivity index (χ0v) is 15.8. The standard InChI is InChI=1S/C22H34N2O/c1-23-21-16-18(17-10-6-3-2-4-7-11-17)14-15-20(21)22(25)24-19-12-8-5-9-13-19/h14-17,19,23H,2-13H2,1H3,(H,24,25). The van der Waals surface area contributed by atoms with Gasteiger partial charge in [-0.15, -0.1) is 0 Å². The molecule has 0 bridgehead atoms. The van der Waals surface area contributed by atoms with E-state index in [1.807, 2.05) is 13.1 Å². The first-order chi connectivity index (χ1) is 12.3. The van der Waals surface area contributed by atoms with Crippen LogP contribution in [-0.4, -0.2) is 19.0 Å². The molecule has 2 aliphatic carbocycles. The van der Waals surface area contributed by atoms with E-state index in [4.69, 9.17) is 0 Å². The van der Waals surface area contributed by atoms with Crippen molar-refractivity contribution in [3.05, 3.63) is 29.3 Å². The van der Waals surface area contributed by atoms with Gasteiger partial charge in [0.05, 0.1) is 5.56 Å². The molecular weight excluding hydrogens is 308 g/mol. The van der Waals surface area contributed by atoms with Gasteiger partial charge < -0.3 is 10.6 Å². The summed E-state index contributed by atoms with van der Waals surface area (Å²) in [5.74, 6) is 0.739. The van der Waals surface area contributed by atoms with Crippen LogP contribution in [0.2, 0.25) is 0 Å². The maximum Gasteiger partial charge on any atom is 0.253 e. The second-order valence-corrected chi connectivity index (χ2v) is 7.91. The van der Waals surface area contributed by atoms with Crippen molar-refractivity contribution in [3.63, 3.8) is 0 Å². The van der Waals surface area contributed by atoms with Crippen molar-refractivity contribution >= 4 is 11.6 Å². The van der Waals surface area contributed by atoms with Gasteiger partial charge in [0.15, 0.2) is 0 Å². The van der Waals surface area contributed by atoms with Crippen molar-refractivity contribution < 1.29 is 4.79 Å². The zero-order valence-electron chi connectivity index (χ0n) is 15.8. The van der Waals surface area contributed by atoms with E-state index in [2.05, 4.69) is 22.8 Å². The van der Waals surface area contributed by atoms with E-state index in [1.54, 1.807) is 0 Å². The molecule has 0 unspecified atom stereocenters. The quantitative estimate of drug-likeness (QED) is 0.745. The first-order valence-corrected chi connectivity index (χ1v) is 10.4. The topological polar surface area (TPSA) is 41.1 Å². The highest BCUT2D eigenvalue weighted by atomic mass is 16.1. The van der Waals surface area contributed by atoms with Crippen molar-refractivity contribution in [2.75, 3.05) is 12.4 Å². The molecule has 0 radical (unpaired) electrons. The summed E-state index contributed by atoms with van der Waals surface area (Å²) < 4.78 is 0. The van der Waals surface area contributed by atoms with Crippen LogP contribution in [0.25, 0.3) is 0 Å². The Balaban J connectivity index is 1.70. The van der Waals surface area contributed by atoms with E-state index in [0.717, 1.165) is 24.1 Å². The molecule has 1 aromatic rings. The molecule has 2 N–H and O–H groups in total. The lowest BCUT2D eigenvalue weighted by molar-refractivity contribution is 0.0928. The molecule has 0 aliphatic heterocycles. The number of carbonyl (C=O) groups excluding carboxylic acids is 1. The predicted molar refractivity (Wildman–Crippen MR) is 105 cm³/mol. The largest absolute Gasteiger partial charge is 0.387 e. The summed E-state index contributed by atoms with van der Waals surface area (Å²) in [5, 5.41) is 6.51. The smallest absolute Gasteiger partial charge is 0.253 e. The van der Waals surface area contributed by atoms with E-state index >= 15 is 0 Å². The van der Waals surface area contributed by atoms with E-state index in [0.29, 0.717) is 12.0 Å². The number of benzene rings is 1. The lowest BCUT2D eigenvalue weighted by Crippen LogP contribution is -2.36. The highest BCUT2D eigenvalue weighted by Gasteiger charge is 2.20. The molecule has 1 amide bonds. The molecule has 3 heteroatoms. The van der Waals surface area contributed by atoms with Crippen LogP contribution in [0.5, 0.6) is 0 Å². The average molecular weight is 343 g/mol. The number of rotatable bonds is 4. The average Bonchev–Trinajstić information content (AvgIpc) is 2.62. The van der Waals surface area contributed by atoms with Gasteiger partial charge in [-0.25, -0.2) is 0 Å². The number of hydrogen-bond acceptors (Lipinski definition) is 2. The van der Waals surface area contributed by atoms with Crippen molar-refractivity contribution in [1.29, 1.82) is 0 Å². The molecule has 25 heavy (non-hydrogen) atoms. The van der Waals surface area contributed by atoms with Crippen LogP contribution in [0.4, 0.5) is 5.69 Å². The summed E-state index contributed by atoms with van der Waals surface area (Å²) in [6, 6.07) is 6.82. The molecule has 0 aromatic heterocycles. The highest BCUT2D eigenvalue weighted by Crippen LogP contribution is 2.33. The van der Waals surface area contributed by atoms with E-state index in [1.165, 1.54) is 69.8 Å². The minimum atomic E-state index is 0.0838. The molecule has 138 valence electrons. The van der Waals surface area contributed by atoms with Gasteiger partial charge in [0.1, 0.15) is 0 Å². The van der Waals surface area contributed by atoms with Crippen LogP contribution in [0.15, 0.2) is 18.2 Å². The molecule has 2 aliphatic rings. The SMILES string of the molecule is CNc1cc(C2CCCCCCC2)ccc1C(=O)NC1CCCCC1. The third kappa shape index (κ3) is 4.99. The molecule has 3 rings (SSSR count). The Bertz CT molecular complexity index is 555. The molecular formula is C22H34N2O. The highest BCUT2D eigenvalue weighted by molar-refractivity contribution is 5.99. The molecule has 1 aromatic carbocycles. The Kier molecular flexibility index (Phi) is 6.77. The van der Waals surface area contributed by atoms with Gasteiger partial charge in [-0.1, -0.05) is 57.4 Å². The van der Waals surface area contributed by atoms with Crippen molar-refractivity contribution in [3.8, 4) is 0 Å². The van der Waals surface area contributed by atoms with Crippen molar-refractivity contribution in [2.45, 2.75) is 89.0 Å². The Labute approximate surface area is 153 Å². The van der Waals surface area contributed by atoms with Crippen LogP contribution in [0, 0.1) is 0 Å². The fourth-order valence-electron chi connectivity index (χ4n) is 4.52. The molecule has 0 atom stereocenters. The van der Waals surface area contributed by atoms with E-state index < -0.39 is 0 Å². The molecule has 0 heterocycles. The predicted octanol–water partition coefficient (Wildman–Crippen LogP) is 5.62. The van der Waals surface area contributed by atoms with Gasteiger partial charge >= 0.3 is 0 Å². The lowest BCUT2D eigenvalue weighted by Gasteiger charge is -2.24. The maximum absolute atomic E-state index is 12.7. The fourth-order valence-corrected chi connectivity index (χ4v) is 4.52. The number of nitrogens with one attached hydrogen (secondary N) is 2. The summed E-state index contributed by atoms with van der Waals surface area (Å²) in [5.41, 5.74) is 3.18. The molecule has 2 saturated carbocycles. The molecule has 3 nitrogen and oxygen atoms in total. The lowest BCUT2D eigenvalue weighted by atomic mass is 9.85. The monoisotopic (exact) mass is 342 g/mol. The van der Waals surface area contributed by atoms with Crippen molar-refractivity contribution in [2.24, 2.45) is 0 Å². The minimum absolute atomic E-state index is 0.0838.